The molecule has 0 saturated heterocycles. The van der Waals surface area contributed by atoms with Gasteiger partial charge < -0.3 is 10.4 Å². The van der Waals surface area contributed by atoms with Crippen molar-refractivity contribution in [3.8, 4) is 0 Å². The molecule has 18 heavy (non-hydrogen) atoms. The largest absolute Gasteiger partial charge is 0.395 e. The molecule has 1 rings (SSSR count). The molecule has 0 radical (unpaired) electrons. The molecule has 1 aromatic carbocycles. The van der Waals surface area contributed by atoms with E-state index in [2.05, 4.69) is 5.32 Å². The lowest BCUT2D eigenvalue weighted by molar-refractivity contribution is 0.0934. The number of thioether (sulfide) groups is 1. The van der Waals surface area contributed by atoms with Crippen LogP contribution in [0.3, 0.4) is 0 Å². The van der Waals surface area contributed by atoms with Crippen LogP contribution < -0.4 is 5.32 Å². The van der Waals surface area contributed by atoms with Gasteiger partial charge in [-0.25, -0.2) is 0 Å². The van der Waals surface area contributed by atoms with Gasteiger partial charge in [0, 0.05) is 16.9 Å². The summed E-state index contributed by atoms with van der Waals surface area (Å²) in [5.41, 5.74) is 2.69. The first-order valence-corrected chi connectivity index (χ1v) is 7.30. The van der Waals surface area contributed by atoms with Crippen LogP contribution in [0, 0.1) is 13.8 Å². The Labute approximate surface area is 113 Å². The summed E-state index contributed by atoms with van der Waals surface area (Å²) in [6.45, 7) is 5.85. The summed E-state index contributed by atoms with van der Waals surface area (Å²) < 4.78 is 0. The second-order valence-electron chi connectivity index (χ2n) is 4.49. The van der Waals surface area contributed by atoms with Crippen molar-refractivity contribution < 1.29 is 9.90 Å². The maximum absolute atomic E-state index is 12.2. The second kappa shape index (κ2) is 6.81. The van der Waals surface area contributed by atoms with E-state index in [0.29, 0.717) is 0 Å². The average Bonchev–Trinajstić information content (AvgIpc) is 2.30. The van der Waals surface area contributed by atoms with Crippen molar-refractivity contribution >= 4 is 17.7 Å². The van der Waals surface area contributed by atoms with E-state index in [9.17, 15) is 9.90 Å². The number of amides is 1. The molecule has 0 aliphatic rings. The van der Waals surface area contributed by atoms with Crippen molar-refractivity contribution in [1.82, 2.24) is 5.32 Å². The van der Waals surface area contributed by atoms with Crippen LogP contribution in [-0.2, 0) is 0 Å². The van der Waals surface area contributed by atoms with Gasteiger partial charge in [0.1, 0.15) is 0 Å². The number of benzene rings is 1. The Hall–Kier alpha value is -1.00. The van der Waals surface area contributed by atoms with Gasteiger partial charge in [-0.05, 0) is 38.2 Å². The topological polar surface area (TPSA) is 49.3 Å². The highest BCUT2D eigenvalue weighted by molar-refractivity contribution is 7.99. The van der Waals surface area contributed by atoms with E-state index in [0.717, 1.165) is 16.7 Å². The smallest absolute Gasteiger partial charge is 0.252 e. The minimum atomic E-state index is -0.0643. The van der Waals surface area contributed by atoms with Crippen LogP contribution in [0.25, 0.3) is 0 Å². The molecule has 0 aliphatic carbocycles. The molecule has 2 unspecified atom stereocenters. The lowest BCUT2D eigenvalue weighted by Gasteiger charge is -2.22. The predicted molar refractivity (Wildman–Crippen MR) is 77.2 cm³/mol. The Morgan fingerprint density at radius 3 is 2.39 bits per heavy atom. The number of rotatable bonds is 5. The third-order valence-corrected chi connectivity index (χ3v) is 4.27. The van der Waals surface area contributed by atoms with Crippen LogP contribution in [0.15, 0.2) is 18.2 Å². The molecule has 0 bridgehead atoms. The third-order valence-electron chi connectivity index (χ3n) is 3.11. The molecule has 1 aromatic rings. The predicted octanol–water partition coefficient (Wildman–Crippen LogP) is 2.15. The minimum Gasteiger partial charge on any atom is -0.395 e. The molecule has 0 aromatic heterocycles. The molecular weight excluding hydrogens is 246 g/mol. The van der Waals surface area contributed by atoms with Gasteiger partial charge in [-0.2, -0.15) is 11.8 Å². The van der Waals surface area contributed by atoms with Gasteiger partial charge >= 0.3 is 0 Å². The number of aryl methyl sites for hydroxylation is 2. The Morgan fingerprint density at radius 2 is 1.94 bits per heavy atom. The fourth-order valence-electron chi connectivity index (χ4n) is 1.98. The fourth-order valence-corrected chi connectivity index (χ4v) is 2.61. The summed E-state index contributed by atoms with van der Waals surface area (Å²) in [5.74, 6) is -0.0643. The molecule has 0 aliphatic heterocycles. The molecule has 4 heteroatoms. The Bertz CT molecular complexity index is 396. The highest BCUT2D eigenvalue weighted by atomic mass is 32.2. The first kappa shape index (κ1) is 15.1. The number of aliphatic hydroxyl groups excluding tert-OH is 1. The van der Waals surface area contributed by atoms with Crippen molar-refractivity contribution in [2.45, 2.75) is 32.1 Å². The van der Waals surface area contributed by atoms with Crippen molar-refractivity contribution in [3.05, 3.63) is 34.9 Å². The molecule has 0 heterocycles. The SMILES string of the molecule is CSC(CO)C(C)NC(=O)c1c(C)cccc1C. The summed E-state index contributed by atoms with van der Waals surface area (Å²) in [4.78, 5) is 12.2. The number of hydrogen-bond donors (Lipinski definition) is 2. The maximum Gasteiger partial charge on any atom is 0.252 e. The van der Waals surface area contributed by atoms with Gasteiger partial charge in [0.15, 0.2) is 0 Å². The highest BCUT2D eigenvalue weighted by Crippen LogP contribution is 2.15. The van der Waals surface area contributed by atoms with Crippen LogP contribution in [0.4, 0.5) is 0 Å². The number of nitrogens with one attached hydrogen (secondary N) is 1. The molecule has 100 valence electrons. The molecule has 0 fully saturated rings. The van der Waals surface area contributed by atoms with Crippen LogP contribution in [-0.4, -0.2) is 35.2 Å². The van der Waals surface area contributed by atoms with Gasteiger partial charge in [-0.1, -0.05) is 18.2 Å². The van der Waals surface area contributed by atoms with Crippen molar-refractivity contribution in [3.63, 3.8) is 0 Å². The third kappa shape index (κ3) is 3.50. The minimum absolute atomic E-state index is 0.0262. The number of hydrogen-bond acceptors (Lipinski definition) is 3. The summed E-state index contributed by atoms with van der Waals surface area (Å²) in [6.07, 6.45) is 1.93. The van der Waals surface area contributed by atoms with Crippen molar-refractivity contribution in [2.24, 2.45) is 0 Å². The summed E-state index contributed by atoms with van der Waals surface area (Å²) in [7, 11) is 0. The van der Waals surface area contributed by atoms with Gasteiger partial charge in [0.2, 0.25) is 0 Å². The van der Waals surface area contributed by atoms with Gasteiger partial charge in [-0.15, -0.1) is 0 Å². The van der Waals surface area contributed by atoms with Crippen molar-refractivity contribution in [1.29, 1.82) is 0 Å². The highest BCUT2D eigenvalue weighted by Gasteiger charge is 2.19. The fraction of sp³-hybridized carbons (Fsp3) is 0.500. The monoisotopic (exact) mass is 267 g/mol. The van der Waals surface area contributed by atoms with E-state index in [1.807, 2.05) is 45.2 Å². The average molecular weight is 267 g/mol. The first-order chi connectivity index (χ1) is 8.51. The first-order valence-electron chi connectivity index (χ1n) is 6.02. The molecule has 1 amide bonds. The van der Waals surface area contributed by atoms with E-state index >= 15 is 0 Å². The van der Waals surface area contributed by atoms with Gasteiger partial charge in [0.05, 0.1) is 6.61 Å². The molecule has 3 nitrogen and oxygen atoms in total. The zero-order valence-corrected chi connectivity index (χ0v) is 12.2. The van der Waals surface area contributed by atoms with E-state index < -0.39 is 0 Å². The van der Waals surface area contributed by atoms with Gasteiger partial charge in [-0.3, -0.25) is 4.79 Å². The van der Waals surface area contributed by atoms with Crippen LogP contribution >= 0.6 is 11.8 Å². The second-order valence-corrected chi connectivity index (χ2v) is 5.56. The quantitative estimate of drug-likeness (QED) is 0.859. The van der Waals surface area contributed by atoms with E-state index in [1.165, 1.54) is 0 Å². The van der Waals surface area contributed by atoms with Crippen LogP contribution in [0.1, 0.15) is 28.4 Å². The van der Waals surface area contributed by atoms with E-state index in [1.54, 1.807) is 11.8 Å². The Balaban J connectivity index is 2.83. The van der Waals surface area contributed by atoms with Crippen LogP contribution in [0.2, 0.25) is 0 Å². The Morgan fingerprint density at radius 1 is 1.39 bits per heavy atom. The standard InChI is InChI=1S/C14H21NO2S/c1-9-6-5-7-10(2)13(9)14(17)15-11(3)12(8-16)18-4/h5-7,11-12,16H,8H2,1-4H3,(H,15,17). The maximum atomic E-state index is 12.2. The zero-order valence-electron chi connectivity index (χ0n) is 11.4. The lowest BCUT2D eigenvalue weighted by Crippen LogP contribution is -2.41. The van der Waals surface area contributed by atoms with E-state index in [4.69, 9.17) is 0 Å². The summed E-state index contributed by atoms with van der Waals surface area (Å²) >= 11 is 1.56. The molecular formula is C14H21NO2S. The summed E-state index contributed by atoms with van der Waals surface area (Å²) in [6, 6.07) is 5.76. The normalized spacial score (nSPS) is 14.1. The number of carbonyl (C=O) groups excluding carboxylic acids is 1. The van der Waals surface area contributed by atoms with Crippen molar-refractivity contribution in [2.75, 3.05) is 12.9 Å². The van der Waals surface area contributed by atoms with Gasteiger partial charge in [0.25, 0.3) is 5.91 Å². The molecule has 0 saturated carbocycles. The molecule has 2 N–H and O–H groups in total. The Kier molecular flexibility index (Phi) is 5.69. The number of carbonyl (C=O) groups is 1. The van der Waals surface area contributed by atoms with Crippen LogP contribution in [0.5, 0.6) is 0 Å². The lowest BCUT2D eigenvalue weighted by atomic mass is 10.0. The number of aliphatic hydroxyl groups is 1. The summed E-state index contributed by atoms with van der Waals surface area (Å²) in [5, 5.41) is 12.2. The molecule has 2 atom stereocenters. The zero-order chi connectivity index (χ0) is 13.7. The molecule has 0 spiro atoms. The van der Waals surface area contributed by atoms with E-state index in [-0.39, 0.29) is 23.8 Å².